The highest BCUT2D eigenvalue weighted by Crippen LogP contribution is 2.17. The SMILES string of the molecule is CN(C)Cc1ccc(NS(=O)(=O)c2ccc(Cl)nc2)cc1. The third-order valence-corrected chi connectivity index (χ3v) is 4.31. The highest BCUT2D eigenvalue weighted by atomic mass is 35.5. The number of rotatable bonds is 5. The van der Waals surface area contributed by atoms with Gasteiger partial charge in [-0.15, -0.1) is 0 Å². The fraction of sp³-hybridized carbons (Fsp3) is 0.214. The third-order valence-electron chi connectivity index (χ3n) is 2.72. The Morgan fingerprint density at radius 2 is 1.81 bits per heavy atom. The zero-order valence-electron chi connectivity index (χ0n) is 11.7. The molecule has 0 spiro atoms. The number of hydrogen-bond donors (Lipinski definition) is 1. The Labute approximate surface area is 129 Å². The molecule has 1 heterocycles. The van der Waals surface area contributed by atoms with Crippen LogP contribution in [0.4, 0.5) is 5.69 Å². The van der Waals surface area contributed by atoms with Crippen molar-refractivity contribution in [2.45, 2.75) is 11.4 Å². The van der Waals surface area contributed by atoms with Crippen molar-refractivity contribution in [3.05, 3.63) is 53.3 Å². The van der Waals surface area contributed by atoms with Crippen LogP contribution < -0.4 is 4.72 Å². The van der Waals surface area contributed by atoms with E-state index in [0.29, 0.717) is 5.69 Å². The van der Waals surface area contributed by atoms with Crippen LogP contribution in [0.25, 0.3) is 0 Å². The molecule has 2 aromatic rings. The average Bonchev–Trinajstić information content (AvgIpc) is 2.40. The summed E-state index contributed by atoms with van der Waals surface area (Å²) in [6.45, 7) is 0.800. The van der Waals surface area contributed by atoms with Gasteiger partial charge in [0.2, 0.25) is 0 Å². The largest absolute Gasteiger partial charge is 0.305 e. The molecule has 0 aliphatic rings. The van der Waals surface area contributed by atoms with Crippen molar-refractivity contribution >= 4 is 27.3 Å². The first kappa shape index (κ1) is 15.8. The lowest BCUT2D eigenvalue weighted by molar-refractivity contribution is 0.402. The van der Waals surface area contributed by atoms with Crippen LogP contribution in [0.3, 0.4) is 0 Å². The number of sulfonamides is 1. The summed E-state index contributed by atoms with van der Waals surface area (Å²) < 4.78 is 26.9. The Balaban J connectivity index is 2.15. The van der Waals surface area contributed by atoms with Crippen LogP contribution in [0.5, 0.6) is 0 Å². The van der Waals surface area contributed by atoms with Crippen molar-refractivity contribution in [2.75, 3.05) is 18.8 Å². The van der Waals surface area contributed by atoms with E-state index in [1.807, 2.05) is 31.1 Å². The summed E-state index contributed by atoms with van der Waals surface area (Å²) in [6.07, 6.45) is 1.23. The molecule has 7 heteroatoms. The fourth-order valence-corrected chi connectivity index (χ4v) is 2.89. The van der Waals surface area contributed by atoms with Crippen LogP contribution in [0.15, 0.2) is 47.5 Å². The highest BCUT2D eigenvalue weighted by molar-refractivity contribution is 7.92. The van der Waals surface area contributed by atoms with E-state index >= 15 is 0 Å². The van der Waals surface area contributed by atoms with Crippen molar-refractivity contribution < 1.29 is 8.42 Å². The van der Waals surface area contributed by atoms with Gasteiger partial charge in [0.15, 0.2) is 0 Å². The molecule has 21 heavy (non-hydrogen) atoms. The summed E-state index contributed by atoms with van der Waals surface area (Å²) in [5.41, 5.74) is 1.61. The van der Waals surface area contributed by atoms with E-state index in [2.05, 4.69) is 9.71 Å². The maximum absolute atomic E-state index is 12.2. The van der Waals surface area contributed by atoms with Crippen LogP contribution in [-0.4, -0.2) is 32.4 Å². The molecule has 0 aliphatic carbocycles. The number of pyridine rings is 1. The number of benzene rings is 1. The van der Waals surface area contributed by atoms with E-state index in [9.17, 15) is 8.42 Å². The Kier molecular flexibility index (Phi) is 4.82. The molecule has 2 rings (SSSR count). The minimum absolute atomic E-state index is 0.0734. The number of aromatic nitrogens is 1. The van der Waals surface area contributed by atoms with Crippen LogP contribution >= 0.6 is 11.6 Å². The van der Waals surface area contributed by atoms with Gasteiger partial charge in [-0.2, -0.15) is 0 Å². The van der Waals surface area contributed by atoms with Crippen LogP contribution in [0.2, 0.25) is 5.15 Å². The van der Waals surface area contributed by atoms with E-state index in [4.69, 9.17) is 11.6 Å². The molecule has 0 atom stereocenters. The number of halogens is 1. The molecule has 0 saturated heterocycles. The van der Waals surface area contributed by atoms with Gasteiger partial charge in [0.1, 0.15) is 10.0 Å². The van der Waals surface area contributed by atoms with Gasteiger partial charge < -0.3 is 4.90 Å². The summed E-state index contributed by atoms with van der Waals surface area (Å²) in [5.74, 6) is 0. The topological polar surface area (TPSA) is 62.3 Å². The van der Waals surface area contributed by atoms with Crippen molar-refractivity contribution in [3.63, 3.8) is 0 Å². The van der Waals surface area contributed by atoms with E-state index < -0.39 is 10.0 Å². The van der Waals surface area contributed by atoms with Crippen LogP contribution in [0, 0.1) is 0 Å². The molecular weight excluding hydrogens is 310 g/mol. The first-order valence-corrected chi connectivity index (χ1v) is 8.11. The maximum Gasteiger partial charge on any atom is 0.263 e. The molecule has 0 radical (unpaired) electrons. The molecular formula is C14H16ClN3O2S. The van der Waals surface area contributed by atoms with Crippen LogP contribution in [-0.2, 0) is 16.6 Å². The van der Waals surface area contributed by atoms with E-state index in [1.165, 1.54) is 18.3 Å². The van der Waals surface area contributed by atoms with Gasteiger partial charge in [-0.05, 0) is 43.9 Å². The van der Waals surface area contributed by atoms with E-state index in [1.54, 1.807) is 12.1 Å². The van der Waals surface area contributed by atoms with Gasteiger partial charge >= 0.3 is 0 Å². The quantitative estimate of drug-likeness (QED) is 0.858. The number of anilines is 1. The lowest BCUT2D eigenvalue weighted by Gasteiger charge is -2.11. The second kappa shape index (κ2) is 6.43. The van der Waals surface area contributed by atoms with Gasteiger partial charge in [-0.25, -0.2) is 13.4 Å². The average molecular weight is 326 g/mol. The zero-order chi connectivity index (χ0) is 15.5. The molecule has 0 aliphatic heterocycles. The minimum Gasteiger partial charge on any atom is -0.305 e. The Morgan fingerprint density at radius 3 is 2.33 bits per heavy atom. The van der Waals surface area contributed by atoms with Gasteiger partial charge in [0.25, 0.3) is 10.0 Å². The van der Waals surface area contributed by atoms with Crippen molar-refractivity contribution in [1.29, 1.82) is 0 Å². The monoisotopic (exact) mass is 325 g/mol. The summed E-state index contributed by atoms with van der Waals surface area (Å²) in [4.78, 5) is 5.89. The fourth-order valence-electron chi connectivity index (χ4n) is 1.78. The lowest BCUT2D eigenvalue weighted by atomic mass is 10.2. The van der Waals surface area contributed by atoms with Crippen molar-refractivity contribution in [1.82, 2.24) is 9.88 Å². The molecule has 1 aromatic carbocycles. The maximum atomic E-state index is 12.2. The Hall–Kier alpha value is -1.63. The number of nitrogens with zero attached hydrogens (tertiary/aromatic N) is 2. The molecule has 0 amide bonds. The molecule has 112 valence electrons. The lowest BCUT2D eigenvalue weighted by Crippen LogP contribution is -2.13. The molecule has 5 nitrogen and oxygen atoms in total. The van der Waals surface area contributed by atoms with Crippen molar-refractivity contribution in [3.8, 4) is 0 Å². The van der Waals surface area contributed by atoms with Gasteiger partial charge in [0, 0.05) is 18.4 Å². The summed E-state index contributed by atoms with van der Waals surface area (Å²) >= 11 is 5.65. The predicted octanol–water partition coefficient (Wildman–Crippen LogP) is 2.60. The first-order chi connectivity index (χ1) is 9.87. The molecule has 1 N–H and O–H groups in total. The molecule has 0 bridgehead atoms. The zero-order valence-corrected chi connectivity index (χ0v) is 13.3. The van der Waals surface area contributed by atoms with E-state index in [-0.39, 0.29) is 10.0 Å². The second-order valence-corrected chi connectivity index (χ2v) is 6.93. The third kappa shape index (κ3) is 4.42. The normalized spacial score (nSPS) is 11.6. The molecule has 0 fully saturated rings. The number of nitrogens with one attached hydrogen (secondary N) is 1. The molecule has 0 unspecified atom stereocenters. The highest BCUT2D eigenvalue weighted by Gasteiger charge is 2.14. The predicted molar refractivity (Wildman–Crippen MR) is 83.9 cm³/mol. The first-order valence-electron chi connectivity index (χ1n) is 6.25. The summed E-state index contributed by atoms with van der Waals surface area (Å²) in [6, 6.07) is 10.1. The van der Waals surface area contributed by atoms with E-state index in [0.717, 1.165) is 12.1 Å². The summed E-state index contributed by atoms with van der Waals surface area (Å²) in [7, 11) is 0.305. The van der Waals surface area contributed by atoms with Gasteiger partial charge in [-0.3, -0.25) is 4.72 Å². The van der Waals surface area contributed by atoms with Crippen LogP contribution in [0.1, 0.15) is 5.56 Å². The number of hydrogen-bond acceptors (Lipinski definition) is 4. The summed E-state index contributed by atoms with van der Waals surface area (Å²) in [5, 5.41) is 0.252. The molecule has 0 saturated carbocycles. The molecule has 1 aromatic heterocycles. The Bertz CT molecular complexity index is 698. The van der Waals surface area contributed by atoms with Gasteiger partial charge in [-0.1, -0.05) is 23.7 Å². The Morgan fingerprint density at radius 1 is 1.14 bits per heavy atom. The second-order valence-electron chi connectivity index (χ2n) is 4.86. The van der Waals surface area contributed by atoms with Gasteiger partial charge in [0.05, 0.1) is 0 Å². The smallest absolute Gasteiger partial charge is 0.263 e. The minimum atomic E-state index is -3.65. The standard InChI is InChI=1S/C14H16ClN3O2S/c1-18(2)10-11-3-5-12(6-4-11)17-21(19,20)13-7-8-14(15)16-9-13/h3-9,17H,10H2,1-2H3. The van der Waals surface area contributed by atoms with Crippen molar-refractivity contribution in [2.24, 2.45) is 0 Å².